The standard InChI is InChI=1S/C10H17N3O3/c1-7(14)5-6-11-9(15)3-4-10-12-8(2)13-16-10/h7,14H,3-6H2,1-2H3,(H,11,15). The number of aryl methyl sites for hydroxylation is 2. The monoisotopic (exact) mass is 227 g/mol. The number of aliphatic hydroxyl groups is 1. The van der Waals surface area contributed by atoms with Crippen LogP contribution in [0.4, 0.5) is 0 Å². The summed E-state index contributed by atoms with van der Waals surface area (Å²) in [5.74, 6) is 0.976. The van der Waals surface area contributed by atoms with Crippen molar-refractivity contribution in [3.63, 3.8) is 0 Å². The number of aliphatic hydroxyl groups excluding tert-OH is 1. The molecule has 16 heavy (non-hydrogen) atoms. The topological polar surface area (TPSA) is 88.2 Å². The fourth-order valence-corrected chi connectivity index (χ4v) is 1.17. The summed E-state index contributed by atoms with van der Waals surface area (Å²) >= 11 is 0. The van der Waals surface area contributed by atoms with Gasteiger partial charge in [0.15, 0.2) is 5.82 Å². The first-order valence-corrected chi connectivity index (χ1v) is 5.32. The van der Waals surface area contributed by atoms with Gasteiger partial charge in [-0.1, -0.05) is 5.16 Å². The Hall–Kier alpha value is -1.43. The molecule has 90 valence electrons. The maximum atomic E-state index is 11.3. The average molecular weight is 227 g/mol. The molecule has 0 saturated carbocycles. The Morgan fingerprint density at radius 1 is 1.62 bits per heavy atom. The van der Waals surface area contributed by atoms with Crippen LogP contribution in [0.3, 0.4) is 0 Å². The van der Waals surface area contributed by atoms with Gasteiger partial charge >= 0.3 is 0 Å². The third-order valence-corrected chi connectivity index (χ3v) is 2.02. The van der Waals surface area contributed by atoms with Crippen LogP contribution in [0.15, 0.2) is 4.52 Å². The van der Waals surface area contributed by atoms with Crippen molar-refractivity contribution in [3.05, 3.63) is 11.7 Å². The maximum absolute atomic E-state index is 11.3. The molecule has 0 aliphatic heterocycles. The fraction of sp³-hybridized carbons (Fsp3) is 0.700. The first kappa shape index (κ1) is 12.6. The van der Waals surface area contributed by atoms with Gasteiger partial charge < -0.3 is 14.9 Å². The molecule has 0 bridgehead atoms. The van der Waals surface area contributed by atoms with Gasteiger partial charge in [0.05, 0.1) is 6.10 Å². The number of hydrogen-bond acceptors (Lipinski definition) is 5. The second kappa shape index (κ2) is 6.22. The molecule has 0 saturated heterocycles. The van der Waals surface area contributed by atoms with Crippen LogP contribution >= 0.6 is 0 Å². The first-order valence-electron chi connectivity index (χ1n) is 5.32. The summed E-state index contributed by atoms with van der Waals surface area (Å²) in [5.41, 5.74) is 0. The van der Waals surface area contributed by atoms with Crippen LogP contribution in [0.25, 0.3) is 0 Å². The van der Waals surface area contributed by atoms with Crippen molar-refractivity contribution in [2.45, 2.75) is 39.2 Å². The minimum Gasteiger partial charge on any atom is -0.393 e. The molecule has 0 aliphatic rings. The van der Waals surface area contributed by atoms with Gasteiger partial charge in [-0.15, -0.1) is 0 Å². The highest BCUT2D eigenvalue weighted by Crippen LogP contribution is 1.99. The van der Waals surface area contributed by atoms with Crippen molar-refractivity contribution in [1.82, 2.24) is 15.5 Å². The summed E-state index contributed by atoms with van der Waals surface area (Å²) in [7, 11) is 0. The smallest absolute Gasteiger partial charge is 0.227 e. The lowest BCUT2D eigenvalue weighted by atomic mass is 10.2. The van der Waals surface area contributed by atoms with E-state index < -0.39 is 0 Å². The minimum atomic E-state index is -0.390. The molecule has 1 rings (SSSR count). The van der Waals surface area contributed by atoms with E-state index in [2.05, 4.69) is 15.5 Å². The molecular weight excluding hydrogens is 210 g/mol. The van der Waals surface area contributed by atoms with Gasteiger partial charge in [0, 0.05) is 19.4 Å². The van der Waals surface area contributed by atoms with Crippen LogP contribution in [0, 0.1) is 6.92 Å². The Labute approximate surface area is 94.0 Å². The molecule has 0 radical (unpaired) electrons. The van der Waals surface area contributed by atoms with E-state index in [1.165, 1.54) is 0 Å². The van der Waals surface area contributed by atoms with Crippen LogP contribution in [-0.4, -0.2) is 33.8 Å². The van der Waals surface area contributed by atoms with Crippen LogP contribution < -0.4 is 5.32 Å². The number of nitrogens with zero attached hydrogens (tertiary/aromatic N) is 2. The molecule has 1 aromatic heterocycles. The molecular formula is C10H17N3O3. The van der Waals surface area contributed by atoms with Crippen LogP contribution in [0.2, 0.25) is 0 Å². The minimum absolute atomic E-state index is 0.0727. The quantitative estimate of drug-likeness (QED) is 0.724. The van der Waals surface area contributed by atoms with E-state index in [1.807, 2.05) is 0 Å². The highest BCUT2D eigenvalue weighted by atomic mass is 16.5. The summed E-state index contributed by atoms with van der Waals surface area (Å²) in [6.07, 6.45) is 0.938. The SMILES string of the molecule is Cc1noc(CCC(=O)NCCC(C)O)n1. The second-order valence-corrected chi connectivity index (χ2v) is 3.72. The van der Waals surface area contributed by atoms with E-state index in [1.54, 1.807) is 13.8 Å². The molecule has 1 atom stereocenters. The van der Waals surface area contributed by atoms with Crippen LogP contribution in [0.5, 0.6) is 0 Å². The van der Waals surface area contributed by atoms with Gasteiger partial charge in [0.25, 0.3) is 0 Å². The summed E-state index contributed by atoms with van der Waals surface area (Å²) in [4.78, 5) is 15.3. The molecule has 1 heterocycles. The van der Waals surface area contributed by atoms with E-state index in [0.29, 0.717) is 37.5 Å². The summed E-state index contributed by atoms with van der Waals surface area (Å²) in [6.45, 7) is 3.91. The molecule has 1 amide bonds. The van der Waals surface area contributed by atoms with Gasteiger partial charge in [0.1, 0.15) is 0 Å². The highest BCUT2D eigenvalue weighted by molar-refractivity contribution is 5.75. The summed E-state index contributed by atoms with van der Waals surface area (Å²) < 4.78 is 4.88. The van der Waals surface area contributed by atoms with Gasteiger partial charge in [-0.3, -0.25) is 4.79 Å². The van der Waals surface area contributed by atoms with E-state index in [9.17, 15) is 4.79 Å². The molecule has 0 spiro atoms. The molecule has 1 unspecified atom stereocenters. The van der Waals surface area contributed by atoms with Gasteiger partial charge in [0.2, 0.25) is 11.8 Å². The lowest BCUT2D eigenvalue weighted by molar-refractivity contribution is -0.121. The van der Waals surface area contributed by atoms with Crippen molar-refractivity contribution in [1.29, 1.82) is 0 Å². The van der Waals surface area contributed by atoms with Crippen molar-refractivity contribution < 1.29 is 14.4 Å². The summed E-state index contributed by atoms with van der Waals surface area (Å²) in [6, 6.07) is 0. The van der Waals surface area contributed by atoms with Gasteiger partial charge in [-0.25, -0.2) is 0 Å². The Morgan fingerprint density at radius 2 is 2.38 bits per heavy atom. The first-order chi connectivity index (χ1) is 7.58. The number of amides is 1. The Morgan fingerprint density at radius 3 is 2.94 bits per heavy atom. The molecule has 0 fully saturated rings. The van der Waals surface area contributed by atoms with E-state index in [0.717, 1.165) is 0 Å². The number of nitrogens with one attached hydrogen (secondary N) is 1. The van der Waals surface area contributed by atoms with E-state index in [-0.39, 0.29) is 12.0 Å². The number of rotatable bonds is 6. The lowest BCUT2D eigenvalue weighted by Crippen LogP contribution is -2.26. The Balaban J connectivity index is 2.15. The zero-order valence-corrected chi connectivity index (χ0v) is 9.56. The summed E-state index contributed by atoms with van der Waals surface area (Å²) in [5, 5.41) is 15.3. The zero-order chi connectivity index (χ0) is 12.0. The molecule has 6 nitrogen and oxygen atoms in total. The number of carbonyl (C=O) groups excluding carboxylic acids is 1. The third kappa shape index (κ3) is 4.88. The van der Waals surface area contributed by atoms with Crippen molar-refractivity contribution in [2.75, 3.05) is 6.54 Å². The van der Waals surface area contributed by atoms with Crippen LogP contribution in [0.1, 0.15) is 31.5 Å². The second-order valence-electron chi connectivity index (χ2n) is 3.72. The Kier molecular flexibility index (Phi) is 4.91. The molecule has 6 heteroatoms. The predicted octanol–water partition coefficient (Wildman–Crippen LogP) is 0.198. The number of carbonyl (C=O) groups is 1. The van der Waals surface area contributed by atoms with Crippen molar-refractivity contribution >= 4 is 5.91 Å². The molecule has 1 aromatic rings. The zero-order valence-electron chi connectivity index (χ0n) is 9.56. The largest absolute Gasteiger partial charge is 0.393 e. The van der Waals surface area contributed by atoms with Crippen LogP contribution in [-0.2, 0) is 11.2 Å². The highest BCUT2D eigenvalue weighted by Gasteiger charge is 2.07. The Bertz CT molecular complexity index is 336. The van der Waals surface area contributed by atoms with E-state index in [4.69, 9.17) is 9.63 Å². The van der Waals surface area contributed by atoms with Crippen molar-refractivity contribution in [2.24, 2.45) is 0 Å². The molecule has 0 aromatic carbocycles. The predicted molar refractivity (Wildman–Crippen MR) is 56.7 cm³/mol. The molecule has 2 N–H and O–H groups in total. The molecule has 0 aliphatic carbocycles. The van der Waals surface area contributed by atoms with E-state index >= 15 is 0 Å². The van der Waals surface area contributed by atoms with Crippen molar-refractivity contribution in [3.8, 4) is 0 Å². The third-order valence-electron chi connectivity index (χ3n) is 2.02. The number of hydrogen-bond donors (Lipinski definition) is 2. The normalized spacial score (nSPS) is 12.4. The van der Waals surface area contributed by atoms with Gasteiger partial charge in [-0.2, -0.15) is 4.98 Å². The van der Waals surface area contributed by atoms with Gasteiger partial charge in [-0.05, 0) is 20.3 Å². The lowest BCUT2D eigenvalue weighted by Gasteiger charge is -2.05. The fourth-order valence-electron chi connectivity index (χ4n) is 1.17. The average Bonchev–Trinajstić information content (AvgIpc) is 2.61. The number of aromatic nitrogens is 2. The maximum Gasteiger partial charge on any atom is 0.227 e.